The number of amides is 1. The minimum absolute atomic E-state index is 0.0519. The van der Waals surface area contributed by atoms with Gasteiger partial charge >= 0.3 is 0 Å². The maximum absolute atomic E-state index is 12.8. The fourth-order valence-electron chi connectivity index (χ4n) is 3.71. The molecule has 1 unspecified atom stereocenters. The van der Waals surface area contributed by atoms with Crippen LogP contribution in [0.15, 0.2) is 29.2 Å². The summed E-state index contributed by atoms with van der Waals surface area (Å²) in [5.41, 5.74) is 1.49. The number of thiazole rings is 1. The zero-order chi connectivity index (χ0) is 20.4. The summed E-state index contributed by atoms with van der Waals surface area (Å²) >= 11 is 1.53. The molecule has 1 aromatic carbocycles. The first kappa shape index (κ1) is 20.5. The second-order valence-corrected chi connectivity index (χ2v) is 10.6. The lowest BCUT2D eigenvalue weighted by Crippen LogP contribution is -2.34. The Labute approximate surface area is 175 Å². The molecule has 1 saturated heterocycles. The second-order valence-electron chi connectivity index (χ2n) is 7.50. The zero-order valence-corrected chi connectivity index (χ0v) is 18.0. The highest BCUT2D eigenvalue weighted by atomic mass is 32.2. The number of fused-ring (bicyclic) bond motifs is 1. The topological polar surface area (TPSA) is 88.6 Å². The van der Waals surface area contributed by atoms with E-state index in [1.807, 2.05) is 0 Å². The Bertz CT molecular complexity index is 956. The van der Waals surface area contributed by atoms with Gasteiger partial charge in [-0.25, -0.2) is 13.4 Å². The molecule has 1 aliphatic carbocycles. The number of aryl methyl sites for hydroxylation is 2. The molecule has 1 atom stereocenters. The van der Waals surface area contributed by atoms with Crippen molar-refractivity contribution >= 4 is 32.4 Å². The number of anilines is 1. The van der Waals surface area contributed by atoms with E-state index < -0.39 is 10.0 Å². The van der Waals surface area contributed by atoms with Crippen LogP contribution < -0.4 is 5.32 Å². The number of sulfonamides is 1. The number of nitrogens with zero attached hydrogens (tertiary/aromatic N) is 2. The first-order chi connectivity index (χ1) is 13.9. The van der Waals surface area contributed by atoms with Crippen molar-refractivity contribution in [2.45, 2.75) is 49.5 Å². The first-order valence-corrected chi connectivity index (χ1v) is 12.2. The molecular formula is C20H25N3O4S2. The molecule has 156 valence electrons. The van der Waals surface area contributed by atoms with Crippen molar-refractivity contribution in [2.75, 3.05) is 25.5 Å². The van der Waals surface area contributed by atoms with Crippen LogP contribution in [-0.4, -0.2) is 49.9 Å². The van der Waals surface area contributed by atoms with Gasteiger partial charge in [-0.15, -0.1) is 11.3 Å². The number of benzene rings is 1. The number of carbonyl (C=O) groups excluding carboxylic acids is 1. The summed E-state index contributed by atoms with van der Waals surface area (Å²) in [6.07, 6.45) is 6.08. The molecule has 1 aliphatic heterocycles. The quantitative estimate of drug-likeness (QED) is 0.753. The van der Waals surface area contributed by atoms with E-state index in [9.17, 15) is 13.2 Å². The molecule has 2 aliphatic rings. The Morgan fingerprint density at radius 1 is 1.24 bits per heavy atom. The molecule has 9 heteroatoms. The van der Waals surface area contributed by atoms with Crippen LogP contribution >= 0.6 is 11.3 Å². The van der Waals surface area contributed by atoms with Crippen molar-refractivity contribution in [3.63, 3.8) is 0 Å². The smallest absolute Gasteiger partial charge is 0.257 e. The van der Waals surface area contributed by atoms with Crippen molar-refractivity contribution < 1.29 is 17.9 Å². The second kappa shape index (κ2) is 8.51. The van der Waals surface area contributed by atoms with Crippen LogP contribution in [0.5, 0.6) is 0 Å². The van der Waals surface area contributed by atoms with Gasteiger partial charge in [0.05, 0.1) is 16.7 Å². The highest BCUT2D eigenvalue weighted by Crippen LogP contribution is 2.30. The van der Waals surface area contributed by atoms with Gasteiger partial charge in [-0.05, 0) is 62.8 Å². The summed E-state index contributed by atoms with van der Waals surface area (Å²) in [5.74, 6) is -0.284. The SMILES string of the molecule is CN(CC1CCCO1)S(=O)(=O)c1ccc(C(=O)Nc2nc3c(s2)CCCC3)cc1. The van der Waals surface area contributed by atoms with Gasteiger partial charge < -0.3 is 4.74 Å². The molecule has 0 spiro atoms. The normalized spacial score (nSPS) is 19.3. The maximum atomic E-state index is 12.8. The summed E-state index contributed by atoms with van der Waals surface area (Å²) in [5, 5.41) is 3.44. The van der Waals surface area contributed by atoms with E-state index in [-0.39, 0.29) is 16.9 Å². The number of aromatic nitrogens is 1. The van der Waals surface area contributed by atoms with E-state index in [1.54, 1.807) is 7.05 Å². The highest BCUT2D eigenvalue weighted by Gasteiger charge is 2.26. The van der Waals surface area contributed by atoms with E-state index in [1.165, 1.54) is 51.2 Å². The molecule has 2 aromatic rings. The van der Waals surface area contributed by atoms with Crippen LogP contribution in [0.25, 0.3) is 0 Å². The molecule has 1 aromatic heterocycles. The summed E-state index contributed by atoms with van der Waals surface area (Å²) in [6, 6.07) is 6.03. The average Bonchev–Trinajstić information content (AvgIpc) is 3.37. The minimum atomic E-state index is -3.62. The predicted molar refractivity (Wildman–Crippen MR) is 112 cm³/mol. The van der Waals surface area contributed by atoms with Crippen molar-refractivity contribution in [1.82, 2.24) is 9.29 Å². The number of hydrogen-bond acceptors (Lipinski definition) is 6. The fraction of sp³-hybridized carbons (Fsp3) is 0.500. The molecular weight excluding hydrogens is 410 g/mol. The van der Waals surface area contributed by atoms with Crippen molar-refractivity contribution in [3.8, 4) is 0 Å². The van der Waals surface area contributed by atoms with E-state index >= 15 is 0 Å². The number of carbonyl (C=O) groups is 1. The Morgan fingerprint density at radius 2 is 2.00 bits per heavy atom. The number of likely N-dealkylation sites (N-methyl/N-ethyl adjacent to an activating group) is 1. The molecule has 0 bridgehead atoms. The molecule has 0 saturated carbocycles. The third-order valence-electron chi connectivity index (χ3n) is 5.38. The lowest BCUT2D eigenvalue weighted by molar-refractivity contribution is 0.0979. The molecule has 0 radical (unpaired) electrons. The number of rotatable bonds is 6. The standard InChI is InChI=1S/C20H25N3O4S2/c1-23(13-15-5-4-12-27-15)29(25,26)16-10-8-14(9-11-16)19(24)22-20-21-17-6-2-3-7-18(17)28-20/h8-11,15H,2-7,12-13H2,1H3,(H,21,22,24). The monoisotopic (exact) mass is 435 g/mol. The van der Waals surface area contributed by atoms with Gasteiger partial charge in [-0.3, -0.25) is 10.1 Å². The predicted octanol–water partition coefficient (Wildman–Crippen LogP) is 3.07. The van der Waals surface area contributed by atoms with E-state index in [0.29, 0.717) is 23.8 Å². The molecule has 1 amide bonds. The first-order valence-electron chi connectivity index (χ1n) is 9.91. The van der Waals surface area contributed by atoms with Crippen LogP contribution in [0, 0.1) is 0 Å². The van der Waals surface area contributed by atoms with Crippen LogP contribution in [-0.2, 0) is 27.6 Å². The van der Waals surface area contributed by atoms with E-state index in [2.05, 4.69) is 10.3 Å². The summed E-state index contributed by atoms with van der Waals surface area (Å²) in [4.78, 5) is 18.5. The maximum Gasteiger partial charge on any atom is 0.257 e. The fourth-order valence-corrected chi connectivity index (χ4v) is 5.95. The van der Waals surface area contributed by atoms with E-state index in [0.717, 1.165) is 37.8 Å². The van der Waals surface area contributed by atoms with Crippen molar-refractivity contribution in [2.24, 2.45) is 0 Å². The van der Waals surface area contributed by atoms with Gasteiger partial charge in [0.25, 0.3) is 5.91 Å². The summed E-state index contributed by atoms with van der Waals surface area (Å²) < 4.78 is 32.4. The van der Waals surface area contributed by atoms with Crippen LogP contribution in [0.1, 0.15) is 46.6 Å². The highest BCUT2D eigenvalue weighted by molar-refractivity contribution is 7.89. The Hall–Kier alpha value is -1.81. The van der Waals surface area contributed by atoms with Crippen molar-refractivity contribution in [1.29, 1.82) is 0 Å². The van der Waals surface area contributed by atoms with Crippen LogP contribution in [0.3, 0.4) is 0 Å². The molecule has 2 heterocycles. The largest absolute Gasteiger partial charge is 0.377 e. The van der Waals surface area contributed by atoms with Gasteiger partial charge in [-0.1, -0.05) is 0 Å². The number of ether oxygens (including phenoxy) is 1. The third kappa shape index (κ3) is 4.53. The Balaban J connectivity index is 1.42. The number of nitrogens with one attached hydrogen (secondary N) is 1. The Morgan fingerprint density at radius 3 is 2.69 bits per heavy atom. The molecule has 1 fully saturated rings. The van der Waals surface area contributed by atoms with Gasteiger partial charge in [0.2, 0.25) is 10.0 Å². The molecule has 7 nitrogen and oxygen atoms in total. The van der Waals surface area contributed by atoms with Gasteiger partial charge in [0, 0.05) is 30.6 Å². The van der Waals surface area contributed by atoms with Crippen molar-refractivity contribution in [3.05, 3.63) is 40.4 Å². The van der Waals surface area contributed by atoms with Gasteiger partial charge in [0.15, 0.2) is 5.13 Å². The van der Waals surface area contributed by atoms with Crippen LogP contribution in [0.4, 0.5) is 5.13 Å². The molecule has 29 heavy (non-hydrogen) atoms. The summed E-state index contributed by atoms with van der Waals surface area (Å²) in [7, 11) is -2.06. The van der Waals surface area contributed by atoms with Gasteiger partial charge in [0.1, 0.15) is 0 Å². The van der Waals surface area contributed by atoms with Crippen LogP contribution in [0.2, 0.25) is 0 Å². The lowest BCUT2D eigenvalue weighted by atomic mass is 10.0. The average molecular weight is 436 g/mol. The Kier molecular flexibility index (Phi) is 6.00. The zero-order valence-electron chi connectivity index (χ0n) is 16.4. The molecule has 4 rings (SSSR count). The number of hydrogen-bond donors (Lipinski definition) is 1. The van der Waals surface area contributed by atoms with Gasteiger partial charge in [-0.2, -0.15) is 4.31 Å². The minimum Gasteiger partial charge on any atom is -0.377 e. The third-order valence-corrected chi connectivity index (χ3v) is 8.29. The lowest BCUT2D eigenvalue weighted by Gasteiger charge is -2.20. The van der Waals surface area contributed by atoms with E-state index in [4.69, 9.17) is 4.74 Å². The molecule has 1 N–H and O–H groups in total. The summed E-state index contributed by atoms with van der Waals surface area (Å²) in [6.45, 7) is 1.02.